The van der Waals surface area contributed by atoms with Crippen LogP contribution in [0.25, 0.3) is 0 Å². The summed E-state index contributed by atoms with van der Waals surface area (Å²) in [7, 11) is 0. The highest BCUT2D eigenvalue weighted by atomic mass is 16.1. The second-order valence-electron chi connectivity index (χ2n) is 5.63. The Morgan fingerprint density at radius 3 is 1.83 bits per heavy atom. The number of carbonyl (C=O) groups excluding carboxylic acids is 2. The van der Waals surface area contributed by atoms with Gasteiger partial charge in [-0.2, -0.15) is 0 Å². The van der Waals surface area contributed by atoms with Gasteiger partial charge in [0.05, 0.1) is 0 Å². The number of nitrogens with one attached hydrogen (secondary N) is 2. The lowest BCUT2D eigenvalue weighted by Gasteiger charge is -2.05. The SMILES string of the molecule is N=C(CCC(=O)CC(=N)c1ccccc1)CC(=O)c1ccccc1. The van der Waals surface area contributed by atoms with Crippen LogP contribution in [0, 0.1) is 10.8 Å². The first kappa shape index (κ1) is 17.5. The molecule has 0 heterocycles. The molecular formula is C20H20N2O2. The first-order chi connectivity index (χ1) is 11.6. The molecule has 0 aliphatic heterocycles. The Kier molecular flexibility index (Phi) is 6.32. The fourth-order valence-corrected chi connectivity index (χ4v) is 2.33. The highest BCUT2D eigenvalue weighted by Gasteiger charge is 2.12. The molecule has 0 atom stereocenters. The molecule has 0 aliphatic rings. The third-order valence-electron chi connectivity index (χ3n) is 3.67. The zero-order valence-electron chi connectivity index (χ0n) is 13.4. The molecule has 0 unspecified atom stereocenters. The Hall–Kier alpha value is -2.88. The summed E-state index contributed by atoms with van der Waals surface area (Å²) in [4.78, 5) is 24.0. The van der Waals surface area contributed by atoms with Gasteiger partial charge in [0, 0.05) is 36.2 Å². The molecule has 0 bridgehead atoms. The second kappa shape index (κ2) is 8.67. The fourth-order valence-electron chi connectivity index (χ4n) is 2.33. The molecule has 24 heavy (non-hydrogen) atoms. The highest BCUT2D eigenvalue weighted by Crippen LogP contribution is 2.09. The smallest absolute Gasteiger partial charge is 0.168 e. The van der Waals surface area contributed by atoms with Crippen LogP contribution in [-0.4, -0.2) is 23.0 Å². The normalized spacial score (nSPS) is 10.2. The van der Waals surface area contributed by atoms with E-state index in [1.807, 2.05) is 24.3 Å². The Labute approximate surface area is 141 Å². The van der Waals surface area contributed by atoms with Crippen molar-refractivity contribution in [3.8, 4) is 0 Å². The van der Waals surface area contributed by atoms with Crippen LogP contribution in [0.2, 0.25) is 0 Å². The summed E-state index contributed by atoms with van der Waals surface area (Å²) in [6, 6.07) is 18.0. The lowest BCUT2D eigenvalue weighted by Crippen LogP contribution is -2.12. The standard InChI is InChI=1S/C20H20N2O2/c21-17(13-20(24)16-9-5-2-6-10-16)11-12-18(23)14-19(22)15-7-3-1-4-8-15/h1-10,21-22H,11-14H2. The quantitative estimate of drug-likeness (QED) is 0.539. The number of Topliss-reactive ketones (excluding diaryl/α,β-unsaturated/α-hetero) is 2. The van der Waals surface area contributed by atoms with E-state index in [0.717, 1.165) is 5.56 Å². The largest absolute Gasteiger partial charge is 0.309 e. The van der Waals surface area contributed by atoms with Crippen molar-refractivity contribution in [3.05, 3.63) is 71.8 Å². The van der Waals surface area contributed by atoms with Crippen LogP contribution in [0.15, 0.2) is 60.7 Å². The van der Waals surface area contributed by atoms with E-state index in [1.54, 1.807) is 36.4 Å². The van der Waals surface area contributed by atoms with E-state index in [-0.39, 0.29) is 48.7 Å². The molecule has 0 spiro atoms. The van der Waals surface area contributed by atoms with E-state index in [2.05, 4.69) is 0 Å². The van der Waals surface area contributed by atoms with Crippen molar-refractivity contribution in [2.45, 2.75) is 25.7 Å². The van der Waals surface area contributed by atoms with E-state index in [9.17, 15) is 9.59 Å². The second-order valence-corrected chi connectivity index (χ2v) is 5.63. The molecule has 122 valence electrons. The molecule has 4 nitrogen and oxygen atoms in total. The molecule has 0 aliphatic carbocycles. The summed E-state index contributed by atoms with van der Waals surface area (Å²) < 4.78 is 0. The summed E-state index contributed by atoms with van der Waals surface area (Å²) in [5.74, 6) is -0.189. The monoisotopic (exact) mass is 320 g/mol. The summed E-state index contributed by atoms with van der Waals surface area (Å²) in [6.45, 7) is 0. The summed E-state index contributed by atoms with van der Waals surface area (Å²) in [5, 5.41) is 15.8. The van der Waals surface area contributed by atoms with Crippen molar-refractivity contribution < 1.29 is 9.59 Å². The molecule has 0 saturated carbocycles. The van der Waals surface area contributed by atoms with Crippen molar-refractivity contribution in [1.82, 2.24) is 0 Å². The van der Waals surface area contributed by atoms with E-state index in [1.165, 1.54) is 0 Å². The molecule has 4 heteroatoms. The Morgan fingerprint density at radius 2 is 1.25 bits per heavy atom. The van der Waals surface area contributed by atoms with Gasteiger partial charge in [-0.3, -0.25) is 9.59 Å². The molecule has 0 radical (unpaired) electrons. The molecular weight excluding hydrogens is 300 g/mol. The van der Waals surface area contributed by atoms with Crippen LogP contribution in [0.3, 0.4) is 0 Å². The maximum Gasteiger partial charge on any atom is 0.168 e. The molecule has 2 rings (SSSR count). The lowest BCUT2D eigenvalue weighted by molar-refractivity contribution is -0.117. The van der Waals surface area contributed by atoms with Crippen molar-refractivity contribution in [1.29, 1.82) is 10.8 Å². The predicted molar refractivity (Wildman–Crippen MR) is 95.2 cm³/mol. The highest BCUT2D eigenvalue weighted by molar-refractivity contribution is 6.11. The molecule has 0 amide bonds. The Morgan fingerprint density at radius 1 is 0.708 bits per heavy atom. The van der Waals surface area contributed by atoms with Gasteiger partial charge in [-0.05, 0) is 12.0 Å². The van der Waals surface area contributed by atoms with Crippen LogP contribution in [0.4, 0.5) is 0 Å². The zero-order valence-corrected chi connectivity index (χ0v) is 13.4. The van der Waals surface area contributed by atoms with E-state index in [4.69, 9.17) is 10.8 Å². The lowest BCUT2D eigenvalue weighted by atomic mass is 9.99. The number of ketones is 2. The maximum atomic E-state index is 12.0. The molecule has 2 aromatic carbocycles. The van der Waals surface area contributed by atoms with Gasteiger partial charge in [-0.15, -0.1) is 0 Å². The van der Waals surface area contributed by atoms with Gasteiger partial charge in [0.1, 0.15) is 5.78 Å². The van der Waals surface area contributed by atoms with Gasteiger partial charge < -0.3 is 10.8 Å². The maximum absolute atomic E-state index is 12.0. The minimum absolute atomic E-state index is 0.0351. The van der Waals surface area contributed by atoms with E-state index < -0.39 is 0 Å². The van der Waals surface area contributed by atoms with Crippen LogP contribution in [-0.2, 0) is 4.79 Å². The van der Waals surface area contributed by atoms with Crippen LogP contribution < -0.4 is 0 Å². The molecule has 2 N–H and O–H groups in total. The number of hydrogen-bond acceptors (Lipinski definition) is 4. The van der Waals surface area contributed by atoms with Crippen molar-refractivity contribution >= 4 is 23.0 Å². The Bertz CT molecular complexity index is 671. The third-order valence-corrected chi connectivity index (χ3v) is 3.67. The number of carbonyl (C=O) groups is 2. The number of benzene rings is 2. The van der Waals surface area contributed by atoms with Gasteiger partial charge in [0.2, 0.25) is 0 Å². The minimum Gasteiger partial charge on any atom is -0.309 e. The third kappa shape index (κ3) is 5.39. The molecule has 0 fully saturated rings. The minimum atomic E-state index is -0.106. The number of hydrogen-bond donors (Lipinski definition) is 2. The van der Waals surface area contributed by atoms with Crippen LogP contribution >= 0.6 is 0 Å². The summed E-state index contributed by atoms with van der Waals surface area (Å²) in [6.07, 6.45) is 0.549. The van der Waals surface area contributed by atoms with E-state index >= 15 is 0 Å². The summed E-state index contributed by atoms with van der Waals surface area (Å²) >= 11 is 0. The molecule has 2 aromatic rings. The predicted octanol–water partition coefficient (Wildman–Crippen LogP) is 4.09. The van der Waals surface area contributed by atoms with E-state index in [0.29, 0.717) is 5.56 Å². The average molecular weight is 320 g/mol. The summed E-state index contributed by atoms with van der Waals surface area (Å²) in [5.41, 5.74) is 1.86. The number of rotatable bonds is 9. The van der Waals surface area contributed by atoms with Crippen molar-refractivity contribution in [2.24, 2.45) is 0 Å². The molecule has 0 saturated heterocycles. The van der Waals surface area contributed by atoms with Gasteiger partial charge in [0.25, 0.3) is 0 Å². The first-order valence-electron chi connectivity index (χ1n) is 7.85. The zero-order chi connectivity index (χ0) is 17.4. The average Bonchev–Trinajstić information content (AvgIpc) is 2.61. The fraction of sp³-hybridized carbons (Fsp3) is 0.200. The van der Waals surface area contributed by atoms with Gasteiger partial charge in [-0.25, -0.2) is 0 Å². The van der Waals surface area contributed by atoms with Gasteiger partial charge >= 0.3 is 0 Å². The van der Waals surface area contributed by atoms with Crippen LogP contribution in [0.1, 0.15) is 41.6 Å². The first-order valence-corrected chi connectivity index (χ1v) is 7.85. The van der Waals surface area contributed by atoms with Crippen molar-refractivity contribution in [3.63, 3.8) is 0 Å². The van der Waals surface area contributed by atoms with Gasteiger partial charge in [-0.1, -0.05) is 60.7 Å². The topological polar surface area (TPSA) is 81.8 Å². The van der Waals surface area contributed by atoms with Crippen molar-refractivity contribution in [2.75, 3.05) is 0 Å². The van der Waals surface area contributed by atoms with Crippen LogP contribution in [0.5, 0.6) is 0 Å². The molecule has 0 aromatic heterocycles. The van der Waals surface area contributed by atoms with Gasteiger partial charge in [0.15, 0.2) is 5.78 Å². The Balaban J connectivity index is 1.76.